The van der Waals surface area contributed by atoms with Crippen molar-refractivity contribution >= 4 is 46.1 Å². The molecule has 0 atom stereocenters. The standard InChI is InChI=1S/2C30H20N4.2Pt/c2*1-33-20-34(28-16-7-6-15-27(28)33)22-10-8-9-21(19-22)30(29-17-18-31-32-29)25-13-4-2-11-23(25)24-12-3-5-14-26(24)30;;/h2*2-18H,1H3;;/q;;2*+2. The van der Waals surface area contributed by atoms with Crippen molar-refractivity contribution in [3.8, 4) is 22.3 Å². The first-order valence-corrected chi connectivity index (χ1v) is 22.7. The third-order valence-corrected chi connectivity index (χ3v) is 13.9. The molecule has 0 fully saturated rings. The van der Waals surface area contributed by atoms with Crippen LogP contribution in [0.15, 0.2) is 207 Å². The van der Waals surface area contributed by atoms with Crippen molar-refractivity contribution in [3.63, 3.8) is 0 Å². The number of hydrogen-bond acceptors (Lipinski definition) is 2. The molecule has 4 aliphatic rings. The van der Waals surface area contributed by atoms with Crippen LogP contribution in [0.4, 0.5) is 34.1 Å². The molecule has 8 aromatic carbocycles. The van der Waals surface area contributed by atoms with E-state index in [4.69, 9.17) is 0 Å². The Labute approximate surface area is 434 Å². The van der Waals surface area contributed by atoms with E-state index >= 15 is 0 Å². The van der Waals surface area contributed by atoms with E-state index in [-0.39, 0.29) is 42.1 Å². The van der Waals surface area contributed by atoms with Crippen molar-refractivity contribution in [1.29, 1.82) is 0 Å². The van der Waals surface area contributed by atoms with Crippen LogP contribution in [0, 0.1) is 12.1 Å². The molecule has 2 aliphatic carbocycles. The number of rotatable bonds is 6. The summed E-state index contributed by atoms with van der Waals surface area (Å²) in [4.78, 5) is 0. The summed E-state index contributed by atoms with van der Waals surface area (Å²) in [5.41, 5.74) is 18.7. The van der Waals surface area contributed by atoms with Gasteiger partial charge in [0.05, 0.1) is 10.8 Å². The molecule has 70 heavy (non-hydrogen) atoms. The fourth-order valence-electron chi connectivity index (χ4n) is 11.1. The maximum Gasteiger partial charge on any atom is 2.00 e. The van der Waals surface area contributed by atoms with E-state index in [1.54, 1.807) is 12.4 Å². The van der Waals surface area contributed by atoms with Gasteiger partial charge >= 0.3 is 54.1 Å². The van der Waals surface area contributed by atoms with Gasteiger partial charge in [0.2, 0.25) is 0 Å². The molecule has 10 aromatic rings. The minimum absolute atomic E-state index is 0. The van der Waals surface area contributed by atoms with E-state index in [2.05, 4.69) is 236 Å². The molecule has 10 heteroatoms. The zero-order valence-corrected chi connectivity index (χ0v) is 42.4. The normalized spacial score (nSPS) is 14.3. The Morgan fingerprint density at radius 2 is 0.714 bits per heavy atom. The third kappa shape index (κ3) is 6.53. The largest absolute Gasteiger partial charge is 2.00 e. The molecular formula is C60H40N8Pt2+4. The molecular weight excluding hydrogens is 1220 g/mol. The molecule has 0 spiro atoms. The summed E-state index contributed by atoms with van der Waals surface area (Å²) in [5.74, 6) is 0. The van der Waals surface area contributed by atoms with Gasteiger partial charge in [-0.05, 0) is 44.5 Å². The molecule has 0 amide bonds. The van der Waals surface area contributed by atoms with E-state index in [0.717, 1.165) is 56.6 Å². The first kappa shape index (κ1) is 44.8. The minimum Gasteiger partial charge on any atom is -0.581 e. The van der Waals surface area contributed by atoms with Gasteiger partial charge < -0.3 is 20.4 Å². The number of para-hydroxylation sites is 4. The van der Waals surface area contributed by atoms with Crippen molar-refractivity contribution in [2.75, 3.05) is 14.1 Å². The summed E-state index contributed by atoms with van der Waals surface area (Å²) in [7, 11) is 4.04. The van der Waals surface area contributed by atoms with Crippen molar-refractivity contribution in [3.05, 3.63) is 263 Å². The molecule has 0 unspecified atom stereocenters. The van der Waals surface area contributed by atoms with Gasteiger partial charge in [-0.25, -0.2) is 0 Å². The van der Waals surface area contributed by atoms with Gasteiger partial charge in [0, 0.05) is 35.7 Å². The summed E-state index contributed by atoms with van der Waals surface area (Å²) < 4.78 is 8.20. The van der Waals surface area contributed by atoms with Gasteiger partial charge in [-0.3, -0.25) is 0 Å². The van der Waals surface area contributed by atoms with Crippen LogP contribution in [-0.4, -0.2) is 45.5 Å². The molecule has 0 radical (unpaired) electrons. The second-order valence-corrected chi connectivity index (χ2v) is 17.4. The number of hydrogen-bond donors (Lipinski definition) is 0. The zero-order valence-electron chi connectivity index (χ0n) is 37.8. The van der Waals surface area contributed by atoms with Crippen LogP contribution in [-0.2, 0) is 53.0 Å². The van der Waals surface area contributed by atoms with E-state index in [1.165, 1.54) is 44.5 Å². The Morgan fingerprint density at radius 3 is 1.06 bits per heavy atom. The molecule has 2 aromatic heterocycles. The molecule has 2 aliphatic heterocycles. The summed E-state index contributed by atoms with van der Waals surface area (Å²) in [6.07, 6.45) is 3.55. The number of aromatic nitrogens is 4. The summed E-state index contributed by atoms with van der Waals surface area (Å²) in [5, 5.41) is 17.7. The second kappa shape index (κ2) is 17.7. The Bertz CT molecular complexity index is 3480. The first-order chi connectivity index (χ1) is 33.6. The zero-order chi connectivity index (χ0) is 45.4. The monoisotopic (exact) mass is 1260 g/mol. The van der Waals surface area contributed by atoms with Crippen LogP contribution in [0.1, 0.15) is 44.8 Å². The van der Waals surface area contributed by atoms with Crippen molar-refractivity contribution < 1.29 is 51.3 Å². The minimum atomic E-state index is -0.592. The van der Waals surface area contributed by atoms with Gasteiger partial charge in [0.15, 0.2) is 14.1 Å². The van der Waals surface area contributed by atoms with E-state index in [1.807, 2.05) is 35.4 Å². The summed E-state index contributed by atoms with van der Waals surface area (Å²) in [6, 6.07) is 82.3. The van der Waals surface area contributed by atoms with Crippen molar-refractivity contribution in [2.24, 2.45) is 0 Å². The van der Waals surface area contributed by atoms with Crippen LogP contribution >= 0.6 is 0 Å². The van der Waals surface area contributed by atoms with Gasteiger partial charge in [-0.15, -0.1) is 23.3 Å². The molecule has 0 saturated heterocycles. The topological polar surface area (TPSA) is 66.0 Å². The van der Waals surface area contributed by atoms with Crippen LogP contribution < -0.4 is 19.3 Å². The Kier molecular flexibility index (Phi) is 11.3. The quantitative estimate of drug-likeness (QED) is 0.123. The van der Waals surface area contributed by atoms with Gasteiger partial charge in [-0.1, -0.05) is 164 Å². The smallest absolute Gasteiger partial charge is 0.581 e. The van der Waals surface area contributed by atoms with Gasteiger partial charge in [-0.2, -0.15) is 36.7 Å². The van der Waals surface area contributed by atoms with Gasteiger partial charge in [0.1, 0.15) is 11.4 Å². The summed E-state index contributed by atoms with van der Waals surface area (Å²) in [6.45, 7) is 0. The predicted octanol–water partition coefficient (Wildman–Crippen LogP) is 11.0. The number of fused-ring (bicyclic) bond motifs is 8. The average Bonchev–Trinajstić information content (AvgIpc) is 4.28. The molecule has 14 rings (SSSR count). The van der Waals surface area contributed by atoms with Crippen molar-refractivity contribution in [2.45, 2.75) is 10.8 Å². The molecule has 8 nitrogen and oxygen atoms in total. The van der Waals surface area contributed by atoms with E-state index < -0.39 is 10.8 Å². The fraction of sp³-hybridized carbons (Fsp3) is 0.0667. The maximum absolute atomic E-state index is 4.61. The SMILES string of the molecule is C[N+]1=C=[N+](c2[c-]c(C3(c4cc[n-]n4)c4ccccc4-c4ccccc43)ccc2)c2ccccc21.C[N+]1=C=[N+](c2[c-]c(C3(c4cc[n-]n4)c4ccccc4-c4ccccc43)ccc2)c2ccccc21.[Pt+2].[Pt+2]. The van der Waals surface area contributed by atoms with Gasteiger partial charge in [0.25, 0.3) is 22.7 Å². The molecule has 4 heterocycles. The van der Waals surface area contributed by atoms with Crippen LogP contribution in [0.3, 0.4) is 0 Å². The Morgan fingerprint density at radius 1 is 0.386 bits per heavy atom. The van der Waals surface area contributed by atoms with E-state index in [9.17, 15) is 0 Å². The number of benzene rings is 8. The van der Waals surface area contributed by atoms with Crippen LogP contribution in [0.25, 0.3) is 22.3 Å². The molecule has 0 saturated carbocycles. The Balaban J connectivity index is 0.000000148. The first-order valence-electron chi connectivity index (χ1n) is 22.7. The number of nitrogens with zero attached hydrogens (tertiary/aromatic N) is 8. The summed E-state index contributed by atoms with van der Waals surface area (Å²) >= 11 is 0. The average molecular weight is 1260 g/mol. The predicted molar refractivity (Wildman–Crippen MR) is 265 cm³/mol. The Hall–Kier alpha value is -7.68. The second-order valence-electron chi connectivity index (χ2n) is 17.4. The van der Waals surface area contributed by atoms with E-state index in [0.29, 0.717) is 0 Å². The molecule has 0 bridgehead atoms. The third-order valence-electron chi connectivity index (χ3n) is 13.9. The molecule has 336 valence electrons. The van der Waals surface area contributed by atoms with Crippen LogP contribution in [0.5, 0.6) is 0 Å². The van der Waals surface area contributed by atoms with Crippen molar-refractivity contribution in [1.82, 2.24) is 29.5 Å². The van der Waals surface area contributed by atoms with Crippen LogP contribution in [0.2, 0.25) is 0 Å². The fourth-order valence-corrected chi connectivity index (χ4v) is 11.1. The molecule has 0 N–H and O–H groups in total. The maximum atomic E-state index is 4.61.